The molecule has 1 saturated heterocycles. The lowest BCUT2D eigenvalue weighted by atomic mass is 9.64. The van der Waals surface area contributed by atoms with Crippen LogP contribution in [0.1, 0.15) is 40.0 Å². The molecule has 1 amide bonds. The van der Waals surface area contributed by atoms with Crippen LogP contribution in [-0.4, -0.2) is 35.4 Å². The first kappa shape index (κ1) is 15.0. The normalized spacial score (nSPS) is 31.6. The molecule has 0 aromatic carbocycles. The summed E-state index contributed by atoms with van der Waals surface area (Å²) in [6.07, 6.45) is 7.96. The Balaban J connectivity index is 1.97. The van der Waals surface area contributed by atoms with Crippen LogP contribution in [0.4, 0.5) is 0 Å². The van der Waals surface area contributed by atoms with Crippen LogP contribution in [0.2, 0.25) is 0 Å². The molecule has 2 rings (SSSR count). The van der Waals surface area contributed by atoms with E-state index in [9.17, 15) is 4.79 Å². The number of thioether (sulfide) groups is 1. The lowest BCUT2D eigenvalue weighted by molar-refractivity contribution is -0.125. The number of carbonyl (C=O) groups is 1. The zero-order chi connectivity index (χ0) is 13.9. The van der Waals surface area contributed by atoms with E-state index in [1.54, 1.807) is 0 Å². The molecule has 1 saturated carbocycles. The molecule has 0 bridgehead atoms. The van der Waals surface area contributed by atoms with Gasteiger partial charge < -0.3 is 4.90 Å². The van der Waals surface area contributed by atoms with Gasteiger partial charge in [0.1, 0.15) is 0 Å². The lowest BCUT2D eigenvalue weighted by Gasteiger charge is -2.41. The fourth-order valence-electron chi connectivity index (χ4n) is 3.52. The Labute approximate surface area is 122 Å². The van der Waals surface area contributed by atoms with Crippen LogP contribution in [-0.2, 0) is 4.79 Å². The average molecular weight is 281 g/mol. The largest absolute Gasteiger partial charge is 0.338 e. The monoisotopic (exact) mass is 281 g/mol. The third kappa shape index (κ3) is 3.77. The van der Waals surface area contributed by atoms with Crippen LogP contribution in [0.5, 0.6) is 0 Å². The average Bonchev–Trinajstić information content (AvgIpc) is 2.38. The van der Waals surface area contributed by atoms with E-state index in [4.69, 9.17) is 0 Å². The molecule has 0 N–H and O–H groups in total. The Bertz CT molecular complexity index is 345. The van der Waals surface area contributed by atoms with Crippen LogP contribution in [0, 0.1) is 17.3 Å². The van der Waals surface area contributed by atoms with Crippen LogP contribution in [0.25, 0.3) is 0 Å². The molecule has 2 aliphatic rings. The molecule has 3 heteroatoms. The SMILES string of the molecule is CC1CCCC(C)(C)C1/C=C/C(=O)N1CCSCC1. The van der Waals surface area contributed by atoms with Gasteiger partial charge in [0.2, 0.25) is 5.91 Å². The van der Waals surface area contributed by atoms with Crippen LogP contribution < -0.4 is 0 Å². The number of nitrogens with zero attached hydrogens (tertiary/aromatic N) is 1. The fourth-order valence-corrected chi connectivity index (χ4v) is 4.42. The van der Waals surface area contributed by atoms with Crippen molar-refractivity contribution in [2.75, 3.05) is 24.6 Å². The van der Waals surface area contributed by atoms with E-state index < -0.39 is 0 Å². The molecule has 19 heavy (non-hydrogen) atoms. The number of carbonyl (C=O) groups excluding carboxylic acids is 1. The zero-order valence-corrected chi connectivity index (χ0v) is 13.3. The van der Waals surface area contributed by atoms with E-state index in [0.29, 0.717) is 17.3 Å². The van der Waals surface area contributed by atoms with Crippen molar-refractivity contribution >= 4 is 17.7 Å². The maximum atomic E-state index is 12.2. The van der Waals surface area contributed by atoms with E-state index in [1.165, 1.54) is 19.3 Å². The summed E-state index contributed by atoms with van der Waals surface area (Å²) in [5.74, 6) is 3.64. The first-order valence-electron chi connectivity index (χ1n) is 7.55. The minimum absolute atomic E-state index is 0.217. The maximum absolute atomic E-state index is 12.2. The minimum Gasteiger partial charge on any atom is -0.338 e. The molecule has 2 fully saturated rings. The summed E-state index contributed by atoms with van der Waals surface area (Å²) in [6, 6.07) is 0. The summed E-state index contributed by atoms with van der Waals surface area (Å²) >= 11 is 1.94. The molecule has 0 aromatic heterocycles. The van der Waals surface area contributed by atoms with Gasteiger partial charge >= 0.3 is 0 Å². The van der Waals surface area contributed by atoms with Gasteiger partial charge in [-0.25, -0.2) is 0 Å². The molecule has 2 atom stereocenters. The van der Waals surface area contributed by atoms with Crippen LogP contribution in [0.3, 0.4) is 0 Å². The Kier molecular flexibility index (Phi) is 4.99. The molecule has 0 aromatic rings. The summed E-state index contributed by atoms with van der Waals surface area (Å²) in [4.78, 5) is 14.2. The molecule has 2 nitrogen and oxygen atoms in total. The predicted molar refractivity (Wildman–Crippen MR) is 83.3 cm³/mol. The zero-order valence-electron chi connectivity index (χ0n) is 12.5. The van der Waals surface area contributed by atoms with Crippen LogP contribution >= 0.6 is 11.8 Å². The Hall–Kier alpha value is -0.440. The van der Waals surface area contributed by atoms with Crippen molar-refractivity contribution in [3.63, 3.8) is 0 Å². The van der Waals surface area contributed by atoms with Gasteiger partial charge in [0.05, 0.1) is 0 Å². The van der Waals surface area contributed by atoms with Crippen molar-refractivity contribution in [1.29, 1.82) is 0 Å². The summed E-state index contributed by atoms with van der Waals surface area (Å²) in [5.41, 5.74) is 0.339. The highest BCUT2D eigenvalue weighted by molar-refractivity contribution is 7.99. The third-order valence-electron chi connectivity index (χ3n) is 4.76. The van der Waals surface area contributed by atoms with Gasteiger partial charge in [0, 0.05) is 24.6 Å². The highest BCUT2D eigenvalue weighted by Gasteiger charge is 2.35. The molecule has 108 valence electrons. The smallest absolute Gasteiger partial charge is 0.246 e. The van der Waals surface area contributed by atoms with Gasteiger partial charge in [-0.3, -0.25) is 4.79 Å². The van der Waals surface area contributed by atoms with Gasteiger partial charge in [-0.05, 0) is 29.7 Å². The van der Waals surface area contributed by atoms with Crippen molar-refractivity contribution in [3.05, 3.63) is 12.2 Å². The Morgan fingerprint density at radius 3 is 2.63 bits per heavy atom. The number of amides is 1. The van der Waals surface area contributed by atoms with Gasteiger partial charge in [-0.15, -0.1) is 0 Å². The van der Waals surface area contributed by atoms with Crippen LogP contribution in [0.15, 0.2) is 12.2 Å². The maximum Gasteiger partial charge on any atom is 0.246 e. The Morgan fingerprint density at radius 2 is 2.00 bits per heavy atom. The van der Waals surface area contributed by atoms with E-state index in [2.05, 4.69) is 26.8 Å². The second kappa shape index (κ2) is 6.34. The number of allylic oxidation sites excluding steroid dienone is 1. The molecule has 1 aliphatic carbocycles. The van der Waals surface area contributed by atoms with Gasteiger partial charge in [0.25, 0.3) is 0 Å². The molecular weight excluding hydrogens is 254 g/mol. The summed E-state index contributed by atoms with van der Waals surface area (Å²) in [6.45, 7) is 8.85. The van der Waals surface area contributed by atoms with E-state index in [0.717, 1.165) is 24.6 Å². The first-order chi connectivity index (χ1) is 9.00. The Morgan fingerprint density at radius 1 is 1.32 bits per heavy atom. The van der Waals surface area contributed by atoms with Crippen molar-refractivity contribution in [2.24, 2.45) is 17.3 Å². The summed E-state index contributed by atoms with van der Waals surface area (Å²) in [7, 11) is 0. The summed E-state index contributed by atoms with van der Waals surface area (Å²) in [5, 5.41) is 0. The molecule has 1 aliphatic heterocycles. The van der Waals surface area contributed by atoms with Crippen molar-refractivity contribution in [3.8, 4) is 0 Å². The molecule has 0 radical (unpaired) electrons. The molecular formula is C16H27NOS. The second-order valence-corrected chi connectivity index (χ2v) is 7.91. The third-order valence-corrected chi connectivity index (χ3v) is 5.71. The summed E-state index contributed by atoms with van der Waals surface area (Å²) < 4.78 is 0. The standard InChI is InChI=1S/C16H27NOS/c1-13-5-4-8-16(2,3)14(13)6-7-15(18)17-9-11-19-12-10-17/h6-7,13-14H,4-5,8-12H2,1-3H3/b7-6+. The predicted octanol–water partition coefficient (Wildman–Crippen LogP) is 3.58. The molecule has 2 unspecified atom stereocenters. The fraction of sp³-hybridized carbons (Fsp3) is 0.812. The highest BCUT2D eigenvalue weighted by Crippen LogP contribution is 2.44. The van der Waals surface area contributed by atoms with Crippen molar-refractivity contribution in [1.82, 2.24) is 4.90 Å². The first-order valence-corrected chi connectivity index (χ1v) is 8.71. The second-order valence-electron chi connectivity index (χ2n) is 6.68. The van der Waals surface area contributed by atoms with E-state index in [-0.39, 0.29) is 5.91 Å². The van der Waals surface area contributed by atoms with Gasteiger partial charge in [-0.2, -0.15) is 11.8 Å². The minimum atomic E-state index is 0.217. The lowest BCUT2D eigenvalue weighted by Crippen LogP contribution is -2.37. The van der Waals surface area contributed by atoms with E-state index >= 15 is 0 Å². The number of hydrogen-bond donors (Lipinski definition) is 0. The van der Waals surface area contributed by atoms with Crippen molar-refractivity contribution in [2.45, 2.75) is 40.0 Å². The van der Waals surface area contributed by atoms with Crippen molar-refractivity contribution < 1.29 is 4.79 Å². The topological polar surface area (TPSA) is 20.3 Å². The highest BCUT2D eigenvalue weighted by atomic mass is 32.2. The van der Waals surface area contributed by atoms with Gasteiger partial charge in [-0.1, -0.05) is 39.7 Å². The molecule has 1 heterocycles. The van der Waals surface area contributed by atoms with Gasteiger partial charge in [0.15, 0.2) is 0 Å². The van der Waals surface area contributed by atoms with E-state index in [1.807, 2.05) is 22.7 Å². The quantitative estimate of drug-likeness (QED) is 0.721. The number of hydrogen-bond acceptors (Lipinski definition) is 2. The molecule has 0 spiro atoms. The number of rotatable bonds is 2.